The van der Waals surface area contributed by atoms with Gasteiger partial charge >= 0.3 is 0 Å². The molecule has 2 aliphatic rings. The van der Waals surface area contributed by atoms with Crippen molar-refractivity contribution in [3.8, 4) is 11.4 Å². The maximum absolute atomic E-state index is 13.3. The number of benzene rings is 1. The van der Waals surface area contributed by atoms with Crippen molar-refractivity contribution in [2.45, 2.75) is 38.5 Å². The van der Waals surface area contributed by atoms with Crippen LogP contribution in [0.2, 0.25) is 5.02 Å². The molecule has 0 spiro atoms. The standard InChI is InChI=1S/C23H28ClFN4O/c1-4-17(6-5-16(2)25)23(9-10-23)22-27-26-21(28(22)3)19-8-7-18(15-20(19)24)29-11-13-30-14-12-29/h5-8,15H,4,9-14H2,1-3H3/b16-5+,17-6+. The van der Waals surface area contributed by atoms with Gasteiger partial charge in [-0.05, 0) is 50.5 Å². The third-order valence-corrected chi connectivity index (χ3v) is 6.45. The molecule has 4 rings (SSSR count). The van der Waals surface area contributed by atoms with Crippen molar-refractivity contribution in [3.05, 3.63) is 52.6 Å². The Morgan fingerprint density at radius 2 is 1.97 bits per heavy atom. The molecular weight excluding hydrogens is 403 g/mol. The molecule has 0 radical (unpaired) electrons. The summed E-state index contributed by atoms with van der Waals surface area (Å²) in [6.07, 6.45) is 6.29. The lowest BCUT2D eigenvalue weighted by atomic mass is 9.92. The molecule has 5 nitrogen and oxygen atoms in total. The maximum Gasteiger partial charge on any atom is 0.165 e. The average Bonchev–Trinajstić information content (AvgIpc) is 3.45. The second-order valence-electron chi connectivity index (χ2n) is 8.05. The van der Waals surface area contributed by atoms with Crippen LogP contribution >= 0.6 is 11.6 Å². The third-order valence-electron chi connectivity index (χ3n) is 6.13. The first-order valence-electron chi connectivity index (χ1n) is 10.5. The molecule has 30 heavy (non-hydrogen) atoms. The van der Waals surface area contributed by atoms with Crippen molar-refractivity contribution in [1.29, 1.82) is 0 Å². The van der Waals surface area contributed by atoms with Gasteiger partial charge in [0.1, 0.15) is 5.82 Å². The Kier molecular flexibility index (Phi) is 5.98. The predicted molar refractivity (Wildman–Crippen MR) is 119 cm³/mol. The molecule has 0 atom stereocenters. The van der Waals surface area contributed by atoms with Crippen LogP contribution in [-0.2, 0) is 17.2 Å². The van der Waals surface area contributed by atoms with Crippen LogP contribution in [-0.4, -0.2) is 41.1 Å². The van der Waals surface area contributed by atoms with Crippen LogP contribution in [0.5, 0.6) is 0 Å². The van der Waals surface area contributed by atoms with E-state index in [2.05, 4.69) is 28.1 Å². The number of aromatic nitrogens is 3. The van der Waals surface area contributed by atoms with Crippen LogP contribution in [0.3, 0.4) is 0 Å². The number of anilines is 1. The Morgan fingerprint density at radius 1 is 1.23 bits per heavy atom. The summed E-state index contributed by atoms with van der Waals surface area (Å²) in [4.78, 5) is 2.28. The van der Waals surface area contributed by atoms with E-state index in [0.717, 1.165) is 68.5 Å². The zero-order valence-electron chi connectivity index (χ0n) is 17.8. The predicted octanol–water partition coefficient (Wildman–Crippen LogP) is 5.21. The molecule has 0 bridgehead atoms. The normalized spacial score (nSPS) is 19.3. The number of rotatable bonds is 6. The van der Waals surface area contributed by atoms with E-state index in [9.17, 15) is 4.39 Å². The largest absolute Gasteiger partial charge is 0.378 e. The third kappa shape index (κ3) is 3.91. The minimum absolute atomic E-state index is 0.152. The molecule has 1 aromatic heterocycles. The molecule has 2 heterocycles. The van der Waals surface area contributed by atoms with Crippen molar-refractivity contribution in [1.82, 2.24) is 14.8 Å². The van der Waals surface area contributed by atoms with Crippen molar-refractivity contribution in [2.24, 2.45) is 7.05 Å². The van der Waals surface area contributed by atoms with Gasteiger partial charge in [-0.3, -0.25) is 0 Å². The second-order valence-corrected chi connectivity index (χ2v) is 8.46. The Bertz CT molecular complexity index is 983. The van der Waals surface area contributed by atoms with Gasteiger partial charge in [0.25, 0.3) is 0 Å². The van der Waals surface area contributed by atoms with Crippen LogP contribution < -0.4 is 4.90 Å². The number of morpholine rings is 1. The highest BCUT2D eigenvalue weighted by atomic mass is 35.5. The van der Waals surface area contributed by atoms with Crippen LogP contribution in [0.1, 0.15) is 38.9 Å². The minimum atomic E-state index is -0.192. The fourth-order valence-corrected chi connectivity index (χ4v) is 4.59. The van der Waals surface area contributed by atoms with Crippen molar-refractivity contribution in [2.75, 3.05) is 31.2 Å². The zero-order valence-corrected chi connectivity index (χ0v) is 18.5. The van der Waals surface area contributed by atoms with Crippen LogP contribution in [0.15, 0.2) is 41.8 Å². The highest BCUT2D eigenvalue weighted by Gasteiger charge is 2.50. The van der Waals surface area contributed by atoms with E-state index < -0.39 is 0 Å². The van der Waals surface area contributed by atoms with Gasteiger partial charge in [0.15, 0.2) is 5.82 Å². The Labute approximate surface area is 182 Å². The van der Waals surface area contributed by atoms with Gasteiger partial charge in [-0.2, -0.15) is 0 Å². The van der Waals surface area contributed by atoms with E-state index in [-0.39, 0.29) is 11.2 Å². The smallest absolute Gasteiger partial charge is 0.165 e. The summed E-state index contributed by atoms with van der Waals surface area (Å²) in [5, 5.41) is 9.69. The fraction of sp³-hybridized carbons (Fsp3) is 0.478. The molecule has 7 heteroatoms. The Balaban J connectivity index is 1.65. The molecule has 1 aliphatic carbocycles. The molecule has 1 aliphatic heterocycles. The molecule has 2 aromatic rings. The van der Waals surface area contributed by atoms with E-state index >= 15 is 0 Å². The van der Waals surface area contributed by atoms with Crippen molar-refractivity contribution >= 4 is 17.3 Å². The summed E-state index contributed by atoms with van der Waals surface area (Å²) in [6.45, 7) is 6.77. The van der Waals surface area contributed by atoms with Crippen molar-refractivity contribution < 1.29 is 9.13 Å². The summed E-state index contributed by atoms with van der Waals surface area (Å²) in [5.74, 6) is 1.48. The van der Waals surface area contributed by atoms with Gasteiger partial charge in [-0.1, -0.05) is 30.2 Å². The van der Waals surface area contributed by atoms with Gasteiger partial charge in [0, 0.05) is 31.4 Å². The number of hydrogen-bond donors (Lipinski definition) is 0. The van der Waals surface area contributed by atoms with Gasteiger partial charge in [-0.25, -0.2) is 4.39 Å². The van der Waals surface area contributed by atoms with Crippen molar-refractivity contribution in [3.63, 3.8) is 0 Å². The Morgan fingerprint density at radius 3 is 2.57 bits per heavy atom. The van der Waals surface area contributed by atoms with E-state index in [1.807, 2.05) is 29.8 Å². The molecule has 0 unspecified atom stereocenters. The first-order chi connectivity index (χ1) is 14.5. The fourth-order valence-electron chi connectivity index (χ4n) is 4.33. The highest BCUT2D eigenvalue weighted by Crippen LogP contribution is 2.54. The van der Waals surface area contributed by atoms with Gasteiger partial charge in [-0.15, -0.1) is 10.2 Å². The SMILES string of the molecule is CC/C(=C\C=C(/C)F)C1(c2nnc(-c3ccc(N4CCOCC4)cc3Cl)n2C)CC1. The molecule has 0 N–H and O–H groups in total. The lowest BCUT2D eigenvalue weighted by Crippen LogP contribution is -2.36. The lowest BCUT2D eigenvalue weighted by Gasteiger charge is -2.29. The van der Waals surface area contributed by atoms with Crippen LogP contribution in [0.4, 0.5) is 10.1 Å². The van der Waals surface area contributed by atoms with Crippen LogP contribution in [0, 0.1) is 0 Å². The van der Waals surface area contributed by atoms with Crippen LogP contribution in [0.25, 0.3) is 11.4 Å². The zero-order chi connectivity index (χ0) is 21.3. The number of nitrogens with zero attached hydrogens (tertiary/aromatic N) is 4. The molecule has 2 fully saturated rings. The number of allylic oxidation sites excluding steroid dienone is 4. The van der Waals surface area contributed by atoms with E-state index in [1.165, 1.54) is 18.6 Å². The maximum atomic E-state index is 13.3. The summed E-state index contributed by atoms with van der Waals surface area (Å²) in [6, 6.07) is 6.10. The highest BCUT2D eigenvalue weighted by molar-refractivity contribution is 6.33. The Hall–Kier alpha value is -2.18. The first-order valence-corrected chi connectivity index (χ1v) is 10.9. The second kappa shape index (κ2) is 8.52. The average molecular weight is 431 g/mol. The summed E-state index contributed by atoms with van der Waals surface area (Å²) in [7, 11) is 1.99. The topological polar surface area (TPSA) is 43.2 Å². The van der Waals surface area contributed by atoms with E-state index in [1.54, 1.807) is 0 Å². The minimum Gasteiger partial charge on any atom is -0.378 e. The summed E-state index contributed by atoms with van der Waals surface area (Å²) >= 11 is 6.67. The number of ether oxygens (including phenoxy) is 1. The quantitative estimate of drug-likeness (QED) is 0.590. The van der Waals surface area contributed by atoms with Gasteiger partial charge < -0.3 is 14.2 Å². The van der Waals surface area contributed by atoms with Gasteiger partial charge in [0.05, 0.1) is 29.5 Å². The monoisotopic (exact) mass is 430 g/mol. The molecule has 1 aromatic carbocycles. The number of hydrogen-bond acceptors (Lipinski definition) is 4. The first kappa shape index (κ1) is 21.1. The van der Waals surface area contributed by atoms with E-state index in [0.29, 0.717) is 5.02 Å². The molecule has 1 saturated carbocycles. The lowest BCUT2D eigenvalue weighted by molar-refractivity contribution is 0.122. The molecule has 0 amide bonds. The molecule has 1 saturated heterocycles. The summed E-state index contributed by atoms with van der Waals surface area (Å²) in [5.41, 5.74) is 3.00. The summed E-state index contributed by atoms with van der Waals surface area (Å²) < 4.78 is 20.8. The number of halogens is 2. The van der Waals surface area contributed by atoms with E-state index in [4.69, 9.17) is 16.3 Å². The molecular formula is C23H28ClFN4O. The van der Waals surface area contributed by atoms with Gasteiger partial charge in [0.2, 0.25) is 0 Å². The molecule has 160 valence electrons.